The largest absolute Gasteiger partial charge is 0.395 e. The summed E-state index contributed by atoms with van der Waals surface area (Å²) < 4.78 is 0. The van der Waals surface area contributed by atoms with Crippen molar-refractivity contribution in [1.82, 2.24) is 9.80 Å². The number of hydrogen-bond donors (Lipinski definition) is 1. The fraction of sp³-hybridized carbons (Fsp3) is 1.00. The zero-order valence-electron chi connectivity index (χ0n) is 8.87. The minimum atomic E-state index is 0.292. The van der Waals surface area contributed by atoms with E-state index in [9.17, 15) is 0 Å². The molecule has 0 radical (unpaired) electrons. The molecule has 0 unspecified atom stereocenters. The average Bonchev–Trinajstić information content (AvgIpc) is 2.10. The molecule has 1 aliphatic rings. The van der Waals surface area contributed by atoms with Crippen molar-refractivity contribution in [2.45, 2.75) is 26.3 Å². The molecule has 0 bridgehead atoms. The van der Waals surface area contributed by atoms with Crippen molar-refractivity contribution in [3.05, 3.63) is 0 Å². The molecule has 78 valence electrons. The van der Waals surface area contributed by atoms with Crippen molar-refractivity contribution < 1.29 is 5.11 Å². The van der Waals surface area contributed by atoms with E-state index >= 15 is 0 Å². The summed E-state index contributed by atoms with van der Waals surface area (Å²) in [5.74, 6) is 0. The molecular formula is C10H22N2O. The van der Waals surface area contributed by atoms with Crippen LogP contribution < -0.4 is 0 Å². The van der Waals surface area contributed by atoms with Crippen LogP contribution in [-0.2, 0) is 0 Å². The third-order valence-corrected chi connectivity index (χ3v) is 2.78. The van der Waals surface area contributed by atoms with Gasteiger partial charge in [-0.1, -0.05) is 6.92 Å². The Hall–Kier alpha value is -0.120. The highest BCUT2D eigenvalue weighted by atomic mass is 16.3. The summed E-state index contributed by atoms with van der Waals surface area (Å²) in [6.07, 6.45) is 1.24. The summed E-state index contributed by atoms with van der Waals surface area (Å²) in [6.45, 7) is 10.2. The molecule has 1 fully saturated rings. The molecule has 3 heteroatoms. The fourth-order valence-corrected chi connectivity index (χ4v) is 2.03. The Morgan fingerprint density at radius 1 is 1.31 bits per heavy atom. The summed E-state index contributed by atoms with van der Waals surface area (Å²) in [6, 6.07) is 0.653. The second-order valence-electron chi connectivity index (χ2n) is 3.91. The van der Waals surface area contributed by atoms with E-state index in [0.717, 1.165) is 26.2 Å². The van der Waals surface area contributed by atoms with Gasteiger partial charge in [0.25, 0.3) is 0 Å². The van der Waals surface area contributed by atoms with Gasteiger partial charge in [0.15, 0.2) is 0 Å². The summed E-state index contributed by atoms with van der Waals surface area (Å²) in [5, 5.41) is 8.82. The van der Waals surface area contributed by atoms with Gasteiger partial charge in [-0.25, -0.2) is 0 Å². The van der Waals surface area contributed by atoms with Crippen LogP contribution in [-0.4, -0.2) is 60.3 Å². The third kappa shape index (κ3) is 3.25. The van der Waals surface area contributed by atoms with Gasteiger partial charge in [0, 0.05) is 32.2 Å². The van der Waals surface area contributed by atoms with E-state index < -0.39 is 0 Å². The highest BCUT2D eigenvalue weighted by molar-refractivity contribution is 4.78. The van der Waals surface area contributed by atoms with Crippen LogP contribution in [0, 0.1) is 0 Å². The minimum absolute atomic E-state index is 0.292. The van der Waals surface area contributed by atoms with E-state index in [1.165, 1.54) is 13.0 Å². The van der Waals surface area contributed by atoms with Crippen LogP contribution in [0.2, 0.25) is 0 Å². The molecule has 0 saturated carbocycles. The van der Waals surface area contributed by atoms with Crippen molar-refractivity contribution in [2.24, 2.45) is 0 Å². The smallest absolute Gasteiger partial charge is 0.0558 e. The highest BCUT2D eigenvalue weighted by Crippen LogP contribution is 2.08. The molecule has 0 aromatic rings. The number of piperazine rings is 1. The first-order chi connectivity index (χ1) is 6.27. The maximum atomic E-state index is 8.82. The summed E-state index contributed by atoms with van der Waals surface area (Å²) in [7, 11) is 0. The van der Waals surface area contributed by atoms with Gasteiger partial charge in [-0.15, -0.1) is 0 Å². The number of aliphatic hydroxyl groups excluding tert-OH is 1. The molecule has 1 rings (SSSR count). The Morgan fingerprint density at radius 3 is 2.62 bits per heavy atom. The van der Waals surface area contributed by atoms with Crippen LogP contribution in [0.15, 0.2) is 0 Å². The van der Waals surface area contributed by atoms with Gasteiger partial charge in [-0.05, 0) is 19.9 Å². The number of nitrogens with zero attached hydrogens (tertiary/aromatic N) is 2. The van der Waals surface area contributed by atoms with Gasteiger partial charge in [0.2, 0.25) is 0 Å². The molecule has 1 saturated heterocycles. The van der Waals surface area contributed by atoms with E-state index in [4.69, 9.17) is 5.11 Å². The van der Waals surface area contributed by atoms with E-state index in [-0.39, 0.29) is 0 Å². The molecule has 1 atom stereocenters. The molecule has 0 aromatic heterocycles. The lowest BCUT2D eigenvalue weighted by atomic mass is 10.2. The maximum Gasteiger partial charge on any atom is 0.0558 e. The normalized spacial score (nSPS) is 26.5. The van der Waals surface area contributed by atoms with E-state index in [1.54, 1.807) is 0 Å². The monoisotopic (exact) mass is 186 g/mol. The van der Waals surface area contributed by atoms with Crippen LogP contribution in [0.1, 0.15) is 20.3 Å². The standard InChI is InChI=1S/C10H22N2O/c1-3-4-12-6-5-11(7-8-13)9-10(12)2/h10,13H,3-9H2,1-2H3/t10-/m1/s1. The number of aliphatic hydroxyl groups is 1. The summed E-state index contributed by atoms with van der Waals surface area (Å²) in [4.78, 5) is 4.88. The van der Waals surface area contributed by atoms with Crippen molar-refractivity contribution in [3.63, 3.8) is 0 Å². The molecule has 0 aliphatic carbocycles. The van der Waals surface area contributed by atoms with Gasteiger partial charge in [-0.3, -0.25) is 9.80 Å². The topological polar surface area (TPSA) is 26.7 Å². The lowest BCUT2D eigenvalue weighted by Gasteiger charge is -2.39. The summed E-state index contributed by atoms with van der Waals surface area (Å²) in [5.41, 5.74) is 0. The molecule has 1 heterocycles. The van der Waals surface area contributed by atoms with Gasteiger partial charge in [0.1, 0.15) is 0 Å². The number of β-amino-alcohol motifs (C(OH)–C–C–N with tert-alkyl or cyclic N) is 1. The van der Waals surface area contributed by atoms with Crippen molar-refractivity contribution in [1.29, 1.82) is 0 Å². The molecule has 0 spiro atoms. The highest BCUT2D eigenvalue weighted by Gasteiger charge is 2.21. The number of rotatable bonds is 4. The van der Waals surface area contributed by atoms with Crippen molar-refractivity contribution in [3.8, 4) is 0 Å². The van der Waals surface area contributed by atoms with Crippen LogP contribution >= 0.6 is 0 Å². The van der Waals surface area contributed by atoms with E-state index in [2.05, 4.69) is 23.6 Å². The zero-order valence-corrected chi connectivity index (χ0v) is 8.87. The minimum Gasteiger partial charge on any atom is -0.395 e. The van der Waals surface area contributed by atoms with Gasteiger partial charge in [0.05, 0.1) is 6.61 Å². The Bertz CT molecular complexity index is 141. The summed E-state index contributed by atoms with van der Waals surface area (Å²) >= 11 is 0. The zero-order chi connectivity index (χ0) is 9.68. The van der Waals surface area contributed by atoms with E-state index in [1.807, 2.05) is 0 Å². The fourth-order valence-electron chi connectivity index (χ4n) is 2.03. The average molecular weight is 186 g/mol. The molecular weight excluding hydrogens is 164 g/mol. The Balaban J connectivity index is 2.28. The van der Waals surface area contributed by atoms with Crippen molar-refractivity contribution >= 4 is 0 Å². The SMILES string of the molecule is CCCN1CCN(CCO)C[C@H]1C. The van der Waals surface area contributed by atoms with E-state index in [0.29, 0.717) is 12.6 Å². The Morgan fingerprint density at radius 2 is 2.08 bits per heavy atom. The number of hydrogen-bond acceptors (Lipinski definition) is 3. The Labute approximate surface area is 81.3 Å². The van der Waals surface area contributed by atoms with Gasteiger partial charge >= 0.3 is 0 Å². The first kappa shape index (κ1) is 11.0. The lowest BCUT2D eigenvalue weighted by Crippen LogP contribution is -2.52. The predicted molar refractivity (Wildman–Crippen MR) is 54.9 cm³/mol. The second kappa shape index (κ2) is 5.58. The molecule has 1 aliphatic heterocycles. The van der Waals surface area contributed by atoms with Crippen LogP contribution in [0.5, 0.6) is 0 Å². The van der Waals surface area contributed by atoms with Crippen molar-refractivity contribution in [2.75, 3.05) is 39.3 Å². The molecule has 0 amide bonds. The first-order valence-electron chi connectivity index (χ1n) is 5.35. The molecule has 13 heavy (non-hydrogen) atoms. The second-order valence-corrected chi connectivity index (χ2v) is 3.91. The lowest BCUT2D eigenvalue weighted by molar-refractivity contribution is 0.0716. The molecule has 0 aromatic carbocycles. The predicted octanol–water partition coefficient (Wildman–Crippen LogP) is 0.395. The molecule has 1 N–H and O–H groups in total. The quantitative estimate of drug-likeness (QED) is 0.688. The maximum absolute atomic E-state index is 8.82. The van der Waals surface area contributed by atoms with Crippen LogP contribution in [0.4, 0.5) is 0 Å². The Kier molecular flexibility index (Phi) is 4.70. The third-order valence-electron chi connectivity index (χ3n) is 2.78. The molecule has 3 nitrogen and oxygen atoms in total. The first-order valence-corrected chi connectivity index (χ1v) is 5.35. The van der Waals surface area contributed by atoms with Crippen LogP contribution in [0.25, 0.3) is 0 Å². The van der Waals surface area contributed by atoms with Gasteiger partial charge in [-0.2, -0.15) is 0 Å². The van der Waals surface area contributed by atoms with Gasteiger partial charge < -0.3 is 5.11 Å². The van der Waals surface area contributed by atoms with Crippen LogP contribution in [0.3, 0.4) is 0 Å².